The van der Waals surface area contributed by atoms with Crippen molar-refractivity contribution in [2.24, 2.45) is 5.73 Å². The summed E-state index contributed by atoms with van der Waals surface area (Å²) in [4.78, 5) is 19.9. The molecule has 2 N–H and O–H groups in total. The molecule has 0 heterocycles. The van der Waals surface area contributed by atoms with Gasteiger partial charge in [-0.3, -0.25) is 4.79 Å². The van der Waals surface area contributed by atoms with Crippen molar-refractivity contribution in [3.63, 3.8) is 0 Å². The van der Waals surface area contributed by atoms with Crippen molar-refractivity contribution in [1.82, 2.24) is 0 Å². The molecule has 0 aliphatic carbocycles. The summed E-state index contributed by atoms with van der Waals surface area (Å²) >= 11 is 3.71. The van der Waals surface area contributed by atoms with E-state index in [1.807, 2.05) is 0 Å². The molecule has 0 saturated heterocycles. The molecule has 0 spiro atoms. The summed E-state index contributed by atoms with van der Waals surface area (Å²) in [5.41, 5.74) is 5.09. The van der Waals surface area contributed by atoms with Crippen molar-refractivity contribution in [3.05, 3.63) is 0 Å². The lowest BCUT2D eigenvalue weighted by Crippen LogP contribution is -2.33. The van der Waals surface area contributed by atoms with Crippen LogP contribution in [-0.2, 0) is 14.3 Å². The number of ether oxygens (including phenoxy) is 1. The number of esters is 1. The Hall–Kier alpha value is -0.550. The van der Waals surface area contributed by atoms with Crippen LogP contribution in [0, 0.1) is 0 Å². The van der Waals surface area contributed by atoms with E-state index in [4.69, 9.17) is 5.73 Å². The summed E-state index contributed by atoms with van der Waals surface area (Å²) in [6.45, 7) is 0.0473. The Morgan fingerprint density at radius 3 is 2.78 bits per heavy atom. The largest absolute Gasteiger partial charge is 0.394 e. The third kappa shape index (κ3) is 3.10. The first-order chi connectivity index (χ1) is 4.22. The first-order valence-electron chi connectivity index (χ1n) is 2.23. The number of hydrogen-bond donors (Lipinski definition) is 2. The Bertz CT molecular complexity index is 116. The number of thiol groups is 1. The fraction of sp³-hybridized carbons (Fsp3) is 0.500. The molecule has 0 fully saturated rings. The summed E-state index contributed by atoms with van der Waals surface area (Å²) in [6.07, 6.45) is 0. The molecule has 0 unspecified atom stereocenters. The van der Waals surface area contributed by atoms with Crippen LogP contribution in [0.2, 0.25) is 0 Å². The van der Waals surface area contributed by atoms with Gasteiger partial charge in [0.2, 0.25) is 0 Å². The molecule has 5 heteroatoms. The second-order valence-corrected chi connectivity index (χ2v) is 1.69. The van der Waals surface area contributed by atoms with Gasteiger partial charge in [-0.05, 0) is 0 Å². The number of rotatable bonds is 3. The molecule has 0 radical (unpaired) electrons. The maximum absolute atomic E-state index is 10.3. The zero-order valence-electron chi connectivity index (χ0n) is 4.61. The molecule has 0 aromatic heterocycles. The maximum Gasteiger partial charge on any atom is 0.331 e. The first kappa shape index (κ1) is 8.45. The number of carbonyl (C=O) groups is 2. The standard InChI is InChI=1S/C4H7NO3S/c5-3(1-9)4(7)8-2-6/h2-3,9H,1,5H2/t3-/m1/s1. The van der Waals surface area contributed by atoms with E-state index in [9.17, 15) is 9.59 Å². The molecule has 0 amide bonds. The lowest BCUT2D eigenvalue weighted by molar-refractivity contribution is -0.152. The van der Waals surface area contributed by atoms with Gasteiger partial charge in [0.25, 0.3) is 0 Å². The highest BCUT2D eigenvalue weighted by Gasteiger charge is 2.11. The zero-order valence-corrected chi connectivity index (χ0v) is 5.51. The van der Waals surface area contributed by atoms with E-state index in [2.05, 4.69) is 17.4 Å². The van der Waals surface area contributed by atoms with E-state index in [-0.39, 0.29) is 12.2 Å². The number of carbonyl (C=O) groups excluding carboxylic acids is 2. The van der Waals surface area contributed by atoms with Crippen LogP contribution in [0.25, 0.3) is 0 Å². The zero-order chi connectivity index (χ0) is 7.28. The van der Waals surface area contributed by atoms with Gasteiger partial charge < -0.3 is 10.5 Å². The van der Waals surface area contributed by atoms with Crippen LogP contribution in [-0.4, -0.2) is 24.2 Å². The predicted molar refractivity (Wildman–Crippen MR) is 34.0 cm³/mol. The number of hydrogen-bond acceptors (Lipinski definition) is 5. The van der Waals surface area contributed by atoms with Gasteiger partial charge in [0, 0.05) is 5.75 Å². The third-order valence-electron chi connectivity index (χ3n) is 0.664. The molecule has 1 atom stereocenters. The van der Waals surface area contributed by atoms with Gasteiger partial charge in [0.1, 0.15) is 6.04 Å². The van der Waals surface area contributed by atoms with Crippen LogP contribution in [0.1, 0.15) is 0 Å². The predicted octanol–water partition coefficient (Wildman–Crippen LogP) is -1.06. The SMILES string of the molecule is N[C@H](CS)C(=O)OC=O. The molecule has 0 aromatic rings. The van der Waals surface area contributed by atoms with Gasteiger partial charge >= 0.3 is 12.4 Å². The number of nitrogens with two attached hydrogens (primary N) is 1. The van der Waals surface area contributed by atoms with E-state index >= 15 is 0 Å². The molecule has 0 aromatic carbocycles. The van der Waals surface area contributed by atoms with Crippen LogP contribution < -0.4 is 5.73 Å². The van der Waals surface area contributed by atoms with Gasteiger partial charge in [0.15, 0.2) is 0 Å². The summed E-state index contributed by atoms with van der Waals surface area (Å²) in [5, 5.41) is 0. The van der Waals surface area contributed by atoms with Crippen molar-refractivity contribution in [2.75, 3.05) is 5.75 Å². The molecule has 4 nitrogen and oxygen atoms in total. The molecule has 0 rings (SSSR count). The highest BCUT2D eigenvalue weighted by Crippen LogP contribution is 1.85. The fourth-order valence-corrected chi connectivity index (χ4v) is 0.358. The first-order valence-corrected chi connectivity index (χ1v) is 2.86. The highest BCUT2D eigenvalue weighted by molar-refractivity contribution is 7.80. The van der Waals surface area contributed by atoms with Gasteiger partial charge in [-0.1, -0.05) is 0 Å². The van der Waals surface area contributed by atoms with Crippen molar-refractivity contribution >= 4 is 25.1 Å². The molecule has 0 aliphatic heterocycles. The summed E-state index contributed by atoms with van der Waals surface area (Å²) < 4.78 is 3.90. The maximum atomic E-state index is 10.3. The van der Waals surface area contributed by atoms with Gasteiger partial charge in [-0.25, -0.2) is 4.79 Å². The Morgan fingerprint density at radius 2 is 2.44 bits per heavy atom. The molecular weight excluding hydrogens is 142 g/mol. The van der Waals surface area contributed by atoms with Gasteiger partial charge in [-0.2, -0.15) is 12.6 Å². The van der Waals surface area contributed by atoms with Crippen LogP contribution in [0.4, 0.5) is 0 Å². The Morgan fingerprint density at radius 1 is 1.89 bits per heavy atom. The second-order valence-electron chi connectivity index (χ2n) is 1.32. The smallest absolute Gasteiger partial charge is 0.331 e. The summed E-state index contributed by atoms with van der Waals surface area (Å²) in [5.74, 6) is -0.577. The Labute approximate surface area is 57.8 Å². The lowest BCUT2D eigenvalue weighted by Gasteiger charge is -2.01. The van der Waals surface area contributed by atoms with Crippen LogP contribution in [0.3, 0.4) is 0 Å². The van der Waals surface area contributed by atoms with Crippen molar-refractivity contribution in [2.45, 2.75) is 6.04 Å². The molecule has 52 valence electrons. The summed E-state index contributed by atoms with van der Waals surface area (Å²) in [6, 6.07) is -0.807. The average Bonchev–Trinajstić information content (AvgIpc) is 1.87. The van der Waals surface area contributed by atoms with E-state index < -0.39 is 12.0 Å². The average molecular weight is 149 g/mol. The monoisotopic (exact) mass is 149 g/mol. The molecule has 0 aliphatic rings. The van der Waals surface area contributed by atoms with Crippen molar-refractivity contribution in [3.8, 4) is 0 Å². The van der Waals surface area contributed by atoms with Crippen LogP contribution in [0.15, 0.2) is 0 Å². The van der Waals surface area contributed by atoms with Crippen LogP contribution in [0.5, 0.6) is 0 Å². The van der Waals surface area contributed by atoms with Crippen molar-refractivity contribution in [1.29, 1.82) is 0 Å². The van der Waals surface area contributed by atoms with E-state index in [1.54, 1.807) is 0 Å². The third-order valence-corrected chi connectivity index (χ3v) is 1.06. The Kier molecular flexibility index (Phi) is 4.08. The topological polar surface area (TPSA) is 69.4 Å². The molecular formula is C4H7NO3S. The fourth-order valence-electron chi connectivity index (χ4n) is 0.209. The molecule has 0 saturated carbocycles. The second kappa shape index (κ2) is 4.34. The normalized spacial score (nSPS) is 12.2. The molecule has 9 heavy (non-hydrogen) atoms. The van der Waals surface area contributed by atoms with Crippen LogP contribution >= 0.6 is 12.6 Å². The minimum absolute atomic E-state index is 0.0473. The van der Waals surface area contributed by atoms with E-state index in [0.717, 1.165) is 0 Å². The lowest BCUT2D eigenvalue weighted by atomic mass is 10.4. The van der Waals surface area contributed by atoms with Gasteiger partial charge in [0.05, 0.1) is 0 Å². The van der Waals surface area contributed by atoms with E-state index in [0.29, 0.717) is 0 Å². The van der Waals surface area contributed by atoms with Gasteiger partial charge in [-0.15, -0.1) is 0 Å². The summed E-state index contributed by atoms with van der Waals surface area (Å²) in [7, 11) is 0. The Balaban J connectivity index is 3.58. The quantitative estimate of drug-likeness (QED) is 0.232. The van der Waals surface area contributed by atoms with Crippen molar-refractivity contribution < 1.29 is 14.3 Å². The highest BCUT2D eigenvalue weighted by atomic mass is 32.1. The minimum atomic E-state index is -0.807. The van der Waals surface area contributed by atoms with E-state index in [1.165, 1.54) is 0 Å². The minimum Gasteiger partial charge on any atom is -0.394 e. The molecule has 0 bridgehead atoms.